The van der Waals surface area contributed by atoms with Gasteiger partial charge >= 0.3 is 6.09 Å². The van der Waals surface area contributed by atoms with E-state index in [1.807, 2.05) is 12.3 Å². The maximum Gasteiger partial charge on any atom is 0.407 e. The van der Waals surface area contributed by atoms with Crippen molar-refractivity contribution >= 4 is 22.9 Å². The largest absolute Gasteiger partial charge is 0.446 e. The van der Waals surface area contributed by atoms with Crippen molar-refractivity contribution < 1.29 is 14.3 Å². The molecule has 3 heterocycles. The SMILES string of the molecule is CC[C@@H]1C[C@H](OC(=O)NCCOC)C[C@@H]1c1nnc2cnc3[nH]ccc3n12. The van der Waals surface area contributed by atoms with E-state index in [0.717, 1.165) is 41.9 Å². The summed E-state index contributed by atoms with van der Waals surface area (Å²) in [7, 11) is 1.60. The van der Waals surface area contributed by atoms with Crippen molar-refractivity contribution in [2.24, 2.45) is 5.92 Å². The monoisotopic (exact) mass is 372 g/mol. The maximum atomic E-state index is 12.0. The number of carbonyl (C=O) groups is 1. The number of aromatic nitrogens is 5. The molecule has 9 heteroatoms. The lowest BCUT2D eigenvalue weighted by molar-refractivity contribution is 0.0951. The fraction of sp³-hybridized carbons (Fsp3) is 0.556. The van der Waals surface area contributed by atoms with E-state index in [-0.39, 0.29) is 12.0 Å². The van der Waals surface area contributed by atoms with E-state index in [4.69, 9.17) is 9.47 Å². The fourth-order valence-corrected chi connectivity index (χ4v) is 4.02. The molecule has 0 aliphatic heterocycles. The maximum absolute atomic E-state index is 12.0. The number of carbonyl (C=O) groups excluding carboxylic acids is 1. The number of hydrogen-bond donors (Lipinski definition) is 2. The molecule has 2 N–H and O–H groups in total. The molecule has 1 aliphatic carbocycles. The van der Waals surface area contributed by atoms with Gasteiger partial charge in [-0.3, -0.25) is 4.40 Å². The molecule has 144 valence electrons. The third kappa shape index (κ3) is 3.34. The van der Waals surface area contributed by atoms with Gasteiger partial charge in [0.25, 0.3) is 0 Å². The first-order valence-electron chi connectivity index (χ1n) is 9.31. The summed E-state index contributed by atoms with van der Waals surface area (Å²) < 4.78 is 12.6. The van der Waals surface area contributed by atoms with Crippen molar-refractivity contribution in [3.05, 3.63) is 24.3 Å². The summed E-state index contributed by atoms with van der Waals surface area (Å²) >= 11 is 0. The van der Waals surface area contributed by atoms with Crippen LogP contribution in [0.5, 0.6) is 0 Å². The van der Waals surface area contributed by atoms with Gasteiger partial charge in [0.1, 0.15) is 11.9 Å². The normalized spacial score (nSPS) is 22.5. The van der Waals surface area contributed by atoms with E-state index in [0.29, 0.717) is 19.1 Å². The predicted molar refractivity (Wildman–Crippen MR) is 98.5 cm³/mol. The molecule has 1 saturated carbocycles. The van der Waals surface area contributed by atoms with Crippen LogP contribution in [0.2, 0.25) is 0 Å². The van der Waals surface area contributed by atoms with Crippen LogP contribution in [0.1, 0.15) is 37.9 Å². The Bertz CT molecular complexity index is 936. The number of alkyl carbamates (subject to hydrolysis) is 1. The molecule has 0 radical (unpaired) electrons. The topological polar surface area (TPSA) is 106 Å². The van der Waals surface area contributed by atoms with Gasteiger partial charge in [-0.2, -0.15) is 0 Å². The van der Waals surface area contributed by atoms with E-state index in [1.165, 1.54) is 0 Å². The Morgan fingerprint density at radius 3 is 3.11 bits per heavy atom. The first kappa shape index (κ1) is 17.7. The highest BCUT2D eigenvalue weighted by Gasteiger charge is 2.39. The Morgan fingerprint density at radius 1 is 1.41 bits per heavy atom. The van der Waals surface area contributed by atoms with Gasteiger partial charge in [0.2, 0.25) is 0 Å². The molecule has 4 rings (SSSR count). The van der Waals surface area contributed by atoms with E-state index < -0.39 is 6.09 Å². The second-order valence-electron chi connectivity index (χ2n) is 6.91. The summed E-state index contributed by atoms with van der Waals surface area (Å²) in [4.78, 5) is 19.5. The Balaban J connectivity index is 1.55. The van der Waals surface area contributed by atoms with Gasteiger partial charge in [0, 0.05) is 25.8 Å². The van der Waals surface area contributed by atoms with Gasteiger partial charge in [-0.05, 0) is 24.8 Å². The van der Waals surface area contributed by atoms with Gasteiger partial charge in [0.15, 0.2) is 11.3 Å². The van der Waals surface area contributed by atoms with Gasteiger partial charge in [-0.15, -0.1) is 10.2 Å². The highest BCUT2D eigenvalue weighted by molar-refractivity contribution is 5.74. The molecular formula is C18H24N6O3. The van der Waals surface area contributed by atoms with Crippen molar-refractivity contribution in [1.29, 1.82) is 0 Å². The zero-order valence-corrected chi connectivity index (χ0v) is 15.5. The van der Waals surface area contributed by atoms with Crippen molar-refractivity contribution in [2.75, 3.05) is 20.3 Å². The molecule has 1 aliphatic rings. The number of fused-ring (bicyclic) bond motifs is 3. The summed E-state index contributed by atoms with van der Waals surface area (Å²) in [5, 5.41) is 11.5. The van der Waals surface area contributed by atoms with Crippen molar-refractivity contribution in [1.82, 2.24) is 29.9 Å². The third-order valence-corrected chi connectivity index (χ3v) is 5.32. The van der Waals surface area contributed by atoms with E-state index in [9.17, 15) is 4.79 Å². The summed E-state index contributed by atoms with van der Waals surface area (Å²) in [6, 6.07) is 1.98. The molecule has 3 aromatic rings. The van der Waals surface area contributed by atoms with Crippen LogP contribution in [0.25, 0.3) is 16.8 Å². The van der Waals surface area contributed by atoms with Crippen molar-refractivity contribution in [3.63, 3.8) is 0 Å². The summed E-state index contributed by atoms with van der Waals surface area (Å²) in [6.07, 6.45) is 5.63. The summed E-state index contributed by atoms with van der Waals surface area (Å²) in [6.45, 7) is 3.07. The second-order valence-corrected chi connectivity index (χ2v) is 6.91. The summed E-state index contributed by atoms with van der Waals surface area (Å²) in [5.41, 5.74) is 2.50. The number of hydrogen-bond acceptors (Lipinski definition) is 6. The number of methoxy groups -OCH3 is 1. The zero-order chi connectivity index (χ0) is 18.8. The van der Waals surface area contributed by atoms with Gasteiger partial charge < -0.3 is 19.8 Å². The molecular weight excluding hydrogens is 348 g/mol. The quantitative estimate of drug-likeness (QED) is 0.643. The Hall–Kier alpha value is -2.68. The molecule has 0 aromatic carbocycles. The standard InChI is InChI=1S/C18H24N6O3/c1-3-11-8-12(27-18(25)20-6-7-26-2)9-13(11)17-23-22-15-10-21-16-14(24(15)17)4-5-19-16/h4-5,10-13,19H,3,6-9H2,1-2H3,(H,20,25)/t11-,12+,13+/m1/s1. The van der Waals surface area contributed by atoms with Crippen LogP contribution >= 0.6 is 0 Å². The lowest BCUT2D eigenvalue weighted by Gasteiger charge is -2.15. The molecule has 0 saturated heterocycles. The van der Waals surface area contributed by atoms with Crippen LogP contribution in [0.4, 0.5) is 4.79 Å². The minimum Gasteiger partial charge on any atom is -0.446 e. The highest BCUT2D eigenvalue weighted by Crippen LogP contribution is 2.42. The van der Waals surface area contributed by atoms with E-state index in [2.05, 4.69) is 36.8 Å². The first-order chi connectivity index (χ1) is 13.2. The van der Waals surface area contributed by atoms with Crippen LogP contribution in [0.15, 0.2) is 18.5 Å². The first-order valence-corrected chi connectivity index (χ1v) is 9.31. The molecule has 0 spiro atoms. The Kier molecular flexibility index (Phi) is 4.93. The highest BCUT2D eigenvalue weighted by atomic mass is 16.6. The molecule has 0 unspecified atom stereocenters. The van der Waals surface area contributed by atoms with Crippen molar-refractivity contribution in [3.8, 4) is 0 Å². The van der Waals surface area contributed by atoms with Crippen LogP contribution in [0, 0.1) is 5.92 Å². The second kappa shape index (κ2) is 7.51. The number of amides is 1. The average Bonchev–Trinajstić information content (AvgIpc) is 3.38. The summed E-state index contributed by atoms with van der Waals surface area (Å²) in [5.74, 6) is 1.48. The van der Waals surface area contributed by atoms with Gasteiger partial charge in [-0.1, -0.05) is 13.3 Å². The molecule has 3 aromatic heterocycles. The zero-order valence-electron chi connectivity index (χ0n) is 15.5. The minimum atomic E-state index is -0.393. The lowest BCUT2D eigenvalue weighted by atomic mass is 9.93. The molecule has 3 atom stereocenters. The molecule has 27 heavy (non-hydrogen) atoms. The molecule has 1 fully saturated rings. The number of rotatable bonds is 6. The molecule has 0 bridgehead atoms. The number of H-pyrrole nitrogens is 1. The molecule has 1 amide bonds. The van der Waals surface area contributed by atoms with Crippen LogP contribution in [0.3, 0.4) is 0 Å². The smallest absolute Gasteiger partial charge is 0.407 e. The lowest BCUT2D eigenvalue weighted by Crippen LogP contribution is -2.30. The third-order valence-electron chi connectivity index (χ3n) is 5.32. The number of aromatic amines is 1. The van der Waals surface area contributed by atoms with Gasteiger partial charge in [-0.25, -0.2) is 9.78 Å². The van der Waals surface area contributed by atoms with Crippen LogP contribution in [-0.2, 0) is 9.47 Å². The van der Waals surface area contributed by atoms with Crippen LogP contribution in [-0.4, -0.2) is 57.0 Å². The van der Waals surface area contributed by atoms with E-state index in [1.54, 1.807) is 13.3 Å². The van der Waals surface area contributed by atoms with E-state index >= 15 is 0 Å². The number of nitrogens with zero attached hydrogens (tertiary/aromatic N) is 4. The van der Waals surface area contributed by atoms with Crippen LogP contribution < -0.4 is 5.32 Å². The fourth-order valence-electron chi connectivity index (χ4n) is 4.02. The number of ether oxygens (including phenoxy) is 2. The molecule has 9 nitrogen and oxygen atoms in total. The van der Waals surface area contributed by atoms with Gasteiger partial charge in [0.05, 0.1) is 18.3 Å². The number of nitrogens with one attached hydrogen (secondary N) is 2. The predicted octanol–water partition coefficient (Wildman–Crippen LogP) is 2.25. The van der Waals surface area contributed by atoms with Crippen molar-refractivity contribution in [2.45, 2.75) is 38.2 Å². The Morgan fingerprint density at radius 2 is 2.30 bits per heavy atom. The Labute approximate surface area is 156 Å². The minimum absolute atomic E-state index is 0.126. The average molecular weight is 372 g/mol.